The second-order valence-corrected chi connectivity index (χ2v) is 6.38. The molecule has 0 saturated heterocycles. The van der Waals surface area contributed by atoms with Crippen molar-refractivity contribution in [3.05, 3.63) is 65.2 Å². The summed E-state index contributed by atoms with van der Waals surface area (Å²) in [7, 11) is -1.00. The molecule has 0 aromatic heterocycles. The van der Waals surface area contributed by atoms with Gasteiger partial charge in [0, 0.05) is 34.1 Å². The van der Waals surface area contributed by atoms with Crippen LogP contribution in [0.4, 0.5) is 18.9 Å². The molecule has 7 heteroatoms. The van der Waals surface area contributed by atoms with E-state index in [1.54, 1.807) is 30.5 Å². The number of anilines is 1. The van der Waals surface area contributed by atoms with Crippen LogP contribution in [0.25, 0.3) is 0 Å². The van der Waals surface area contributed by atoms with Gasteiger partial charge < -0.3 is 5.32 Å². The van der Waals surface area contributed by atoms with Crippen LogP contribution >= 0.6 is 0 Å². The minimum absolute atomic E-state index is 0.127. The van der Waals surface area contributed by atoms with Crippen molar-refractivity contribution in [3.8, 4) is 0 Å². The third-order valence-corrected chi connectivity index (χ3v) is 3.77. The summed E-state index contributed by atoms with van der Waals surface area (Å²) in [6.07, 6.45) is -2.85. The Hall–Kier alpha value is -2.15. The molecule has 2 rings (SSSR count). The molecule has 122 valence electrons. The molecule has 0 spiro atoms. The maximum Gasteiger partial charge on any atom is 0.416 e. The molecule has 0 aliphatic rings. The Kier molecular flexibility index (Phi) is 5.20. The molecule has 1 amide bonds. The normalized spacial score (nSPS) is 12.7. The topological polar surface area (TPSA) is 46.2 Å². The van der Waals surface area contributed by atoms with Crippen LogP contribution in [-0.4, -0.2) is 16.4 Å². The van der Waals surface area contributed by atoms with Gasteiger partial charge in [-0.15, -0.1) is 0 Å². The van der Waals surface area contributed by atoms with Crippen molar-refractivity contribution in [2.75, 3.05) is 11.6 Å². The van der Waals surface area contributed by atoms with E-state index >= 15 is 0 Å². The van der Waals surface area contributed by atoms with Gasteiger partial charge in [-0.2, -0.15) is 13.2 Å². The molecule has 1 N–H and O–H groups in total. The predicted octanol–water partition coefficient (Wildman–Crippen LogP) is 3.84. The summed E-state index contributed by atoms with van der Waals surface area (Å²) >= 11 is 0. The van der Waals surface area contributed by atoms with Gasteiger partial charge in [0.2, 0.25) is 0 Å². The van der Waals surface area contributed by atoms with E-state index in [1.807, 2.05) is 0 Å². The summed E-state index contributed by atoms with van der Waals surface area (Å²) in [5, 5.41) is 2.61. The molecule has 0 bridgehead atoms. The Balaban J connectivity index is 2.11. The van der Waals surface area contributed by atoms with Crippen LogP contribution in [0.5, 0.6) is 0 Å². The van der Waals surface area contributed by atoms with E-state index in [9.17, 15) is 22.2 Å². The molecule has 0 saturated carbocycles. The van der Waals surface area contributed by atoms with Crippen LogP contribution in [0.1, 0.15) is 21.5 Å². The molecular formula is C16H14F3NO2S. The smallest absolute Gasteiger partial charge is 0.322 e. The Labute approximate surface area is 134 Å². The molecule has 1 unspecified atom stereocenters. The SMILES string of the molecule is CS(=O)Cc1cccc(NC(=O)c2ccc(C(F)(F)F)cc2)c1. The van der Waals surface area contributed by atoms with Crippen LogP contribution in [0, 0.1) is 0 Å². The number of carbonyl (C=O) groups is 1. The van der Waals surface area contributed by atoms with Crippen LogP contribution in [0.15, 0.2) is 48.5 Å². The summed E-state index contributed by atoms with van der Waals surface area (Å²) in [6.45, 7) is 0. The highest BCUT2D eigenvalue weighted by molar-refractivity contribution is 7.83. The van der Waals surface area contributed by atoms with Crippen molar-refractivity contribution in [3.63, 3.8) is 0 Å². The number of halogens is 3. The van der Waals surface area contributed by atoms with E-state index in [2.05, 4.69) is 5.32 Å². The first-order chi connectivity index (χ1) is 10.8. The molecule has 3 nitrogen and oxygen atoms in total. The van der Waals surface area contributed by atoms with Gasteiger partial charge in [0.15, 0.2) is 0 Å². The molecule has 2 aromatic rings. The van der Waals surface area contributed by atoms with Gasteiger partial charge in [0.25, 0.3) is 5.91 Å². The van der Waals surface area contributed by atoms with Gasteiger partial charge in [0.05, 0.1) is 5.56 Å². The van der Waals surface area contributed by atoms with E-state index in [0.717, 1.165) is 29.8 Å². The molecule has 0 fully saturated rings. The number of nitrogens with one attached hydrogen (secondary N) is 1. The number of alkyl halides is 3. The highest BCUT2D eigenvalue weighted by atomic mass is 32.2. The maximum absolute atomic E-state index is 12.5. The van der Waals surface area contributed by atoms with Crippen molar-refractivity contribution in [2.24, 2.45) is 0 Å². The van der Waals surface area contributed by atoms with Crippen LogP contribution in [-0.2, 0) is 22.7 Å². The van der Waals surface area contributed by atoms with E-state index in [0.29, 0.717) is 11.4 Å². The largest absolute Gasteiger partial charge is 0.416 e. The van der Waals surface area contributed by atoms with Crippen molar-refractivity contribution >= 4 is 22.4 Å². The minimum Gasteiger partial charge on any atom is -0.322 e. The number of amides is 1. The molecule has 0 aliphatic carbocycles. The zero-order chi connectivity index (χ0) is 17.0. The summed E-state index contributed by atoms with van der Waals surface area (Å²) in [4.78, 5) is 12.1. The standard InChI is InChI=1S/C16H14F3NO2S/c1-23(22)10-11-3-2-4-14(9-11)20-15(21)12-5-7-13(8-6-12)16(17,18)19/h2-9H,10H2,1H3,(H,20,21). The first-order valence-corrected chi connectivity index (χ1v) is 8.36. The number of benzene rings is 2. The first kappa shape index (κ1) is 17.2. The molecule has 0 heterocycles. The highest BCUT2D eigenvalue weighted by Gasteiger charge is 2.30. The third kappa shape index (κ3) is 4.92. The number of hydrogen-bond acceptors (Lipinski definition) is 2. The lowest BCUT2D eigenvalue weighted by Crippen LogP contribution is -2.13. The Morgan fingerprint density at radius 3 is 2.35 bits per heavy atom. The third-order valence-electron chi connectivity index (χ3n) is 3.03. The lowest BCUT2D eigenvalue weighted by atomic mass is 10.1. The van der Waals surface area contributed by atoms with Crippen molar-refractivity contribution in [2.45, 2.75) is 11.9 Å². The Bertz CT molecular complexity index is 727. The molecule has 23 heavy (non-hydrogen) atoms. The van der Waals surface area contributed by atoms with Gasteiger partial charge in [-0.25, -0.2) is 0 Å². The number of rotatable bonds is 4. The lowest BCUT2D eigenvalue weighted by Gasteiger charge is -2.09. The van der Waals surface area contributed by atoms with Crippen molar-refractivity contribution in [1.29, 1.82) is 0 Å². The predicted molar refractivity (Wildman–Crippen MR) is 83.6 cm³/mol. The highest BCUT2D eigenvalue weighted by Crippen LogP contribution is 2.29. The average Bonchev–Trinajstić information content (AvgIpc) is 2.46. The van der Waals surface area contributed by atoms with E-state index < -0.39 is 28.4 Å². The zero-order valence-electron chi connectivity index (χ0n) is 12.2. The molecule has 2 aromatic carbocycles. The Morgan fingerprint density at radius 1 is 1.13 bits per heavy atom. The molecule has 0 aliphatic heterocycles. The molecule has 1 atom stereocenters. The fraction of sp³-hybridized carbons (Fsp3) is 0.188. The molecule has 0 radical (unpaired) electrons. The monoisotopic (exact) mass is 341 g/mol. The lowest BCUT2D eigenvalue weighted by molar-refractivity contribution is -0.137. The van der Waals surface area contributed by atoms with E-state index in [4.69, 9.17) is 0 Å². The van der Waals surface area contributed by atoms with Crippen molar-refractivity contribution < 1.29 is 22.2 Å². The average molecular weight is 341 g/mol. The van der Waals surface area contributed by atoms with Crippen molar-refractivity contribution in [1.82, 2.24) is 0 Å². The van der Waals surface area contributed by atoms with Gasteiger partial charge in [-0.3, -0.25) is 9.00 Å². The quantitative estimate of drug-likeness (QED) is 0.918. The summed E-state index contributed by atoms with van der Waals surface area (Å²) in [5.41, 5.74) is 0.623. The van der Waals surface area contributed by atoms with Gasteiger partial charge in [0.1, 0.15) is 0 Å². The Morgan fingerprint density at radius 2 is 1.78 bits per heavy atom. The summed E-state index contributed by atoms with van der Waals surface area (Å²) in [5.74, 6) is -0.141. The van der Waals surface area contributed by atoms with Crippen LogP contribution in [0.2, 0.25) is 0 Å². The van der Waals surface area contributed by atoms with Gasteiger partial charge in [-0.05, 0) is 42.0 Å². The van der Waals surface area contributed by atoms with E-state index in [-0.39, 0.29) is 5.56 Å². The van der Waals surface area contributed by atoms with Crippen LogP contribution < -0.4 is 5.32 Å². The number of hydrogen-bond donors (Lipinski definition) is 1. The van der Waals surface area contributed by atoms with E-state index in [1.165, 1.54) is 0 Å². The maximum atomic E-state index is 12.5. The second-order valence-electron chi connectivity index (χ2n) is 4.95. The fourth-order valence-corrected chi connectivity index (χ4v) is 2.64. The molecular weight excluding hydrogens is 327 g/mol. The second kappa shape index (κ2) is 6.95. The zero-order valence-corrected chi connectivity index (χ0v) is 13.0. The van der Waals surface area contributed by atoms with Crippen LogP contribution in [0.3, 0.4) is 0 Å². The number of carbonyl (C=O) groups excluding carboxylic acids is 1. The van der Waals surface area contributed by atoms with Gasteiger partial charge in [-0.1, -0.05) is 12.1 Å². The fourth-order valence-electron chi connectivity index (χ4n) is 1.99. The minimum atomic E-state index is -4.43. The first-order valence-electron chi connectivity index (χ1n) is 6.63. The summed E-state index contributed by atoms with van der Waals surface area (Å²) < 4.78 is 48.7. The summed E-state index contributed by atoms with van der Waals surface area (Å²) in [6, 6.07) is 10.8. The van der Waals surface area contributed by atoms with Gasteiger partial charge >= 0.3 is 6.18 Å².